The number of benzene rings is 1. The van der Waals surface area contributed by atoms with Crippen LogP contribution in [-0.4, -0.2) is 5.38 Å². The standard InChI is InChI=1S/C12H17Cl/c1-3-10-5-7-11(8-6-10)9-12(13)4-2/h5-8,12H,3-4,9H2,1-2H3. The molecule has 1 atom stereocenters. The molecule has 0 aliphatic rings. The van der Waals surface area contributed by atoms with Crippen LogP contribution in [0.3, 0.4) is 0 Å². The predicted molar refractivity (Wildman–Crippen MR) is 59.5 cm³/mol. The van der Waals surface area contributed by atoms with Gasteiger partial charge in [-0.1, -0.05) is 38.1 Å². The van der Waals surface area contributed by atoms with Gasteiger partial charge in [0.2, 0.25) is 0 Å². The zero-order chi connectivity index (χ0) is 9.68. The SMILES string of the molecule is CCc1ccc(CC(Cl)CC)cc1. The molecule has 0 aliphatic carbocycles. The Hall–Kier alpha value is -0.490. The Morgan fingerprint density at radius 3 is 2.08 bits per heavy atom. The van der Waals surface area contributed by atoms with E-state index in [1.807, 2.05) is 0 Å². The van der Waals surface area contributed by atoms with Gasteiger partial charge in [-0.3, -0.25) is 0 Å². The molecule has 0 nitrogen and oxygen atoms in total. The lowest BCUT2D eigenvalue weighted by Crippen LogP contribution is -2.00. The van der Waals surface area contributed by atoms with Gasteiger partial charge >= 0.3 is 0 Å². The van der Waals surface area contributed by atoms with Crippen LogP contribution in [0.25, 0.3) is 0 Å². The lowest BCUT2D eigenvalue weighted by Gasteiger charge is -2.06. The molecule has 0 amide bonds. The molecule has 1 rings (SSSR count). The molecule has 0 radical (unpaired) electrons. The van der Waals surface area contributed by atoms with Gasteiger partial charge in [-0.2, -0.15) is 0 Å². The van der Waals surface area contributed by atoms with Gasteiger partial charge in [0, 0.05) is 5.38 Å². The van der Waals surface area contributed by atoms with Crippen molar-refractivity contribution in [3.05, 3.63) is 35.4 Å². The van der Waals surface area contributed by atoms with E-state index in [-0.39, 0.29) is 5.38 Å². The molecule has 72 valence electrons. The number of hydrogen-bond donors (Lipinski definition) is 0. The molecule has 1 aromatic rings. The third kappa shape index (κ3) is 3.40. The summed E-state index contributed by atoms with van der Waals surface area (Å²) in [6.07, 6.45) is 3.14. The second kappa shape index (κ2) is 5.29. The van der Waals surface area contributed by atoms with Gasteiger partial charge in [0.05, 0.1) is 0 Å². The summed E-state index contributed by atoms with van der Waals surface area (Å²) in [6, 6.07) is 8.75. The maximum Gasteiger partial charge on any atom is 0.0373 e. The van der Waals surface area contributed by atoms with Gasteiger partial charge in [-0.15, -0.1) is 11.6 Å². The van der Waals surface area contributed by atoms with Crippen molar-refractivity contribution in [3.63, 3.8) is 0 Å². The Morgan fingerprint density at radius 2 is 1.62 bits per heavy atom. The van der Waals surface area contributed by atoms with E-state index in [4.69, 9.17) is 11.6 Å². The van der Waals surface area contributed by atoms with Crippen LogP contribution < -0.4 is 0 Å². The van der Waals surface area contributed by atoms with Crippen LogP contribution in [0.15, 0.2) is 24.3 Å². The normalized spacial score (nSPS) is 12.8. The molecule has 0 saturated carbocycles. The van der Waals surface area contributed by atoms with Crippen molar-refractivity contribution < 1.29 is 0 Å². The minimum Gasteiger partial charge on any atom is -0.123 e. The Balaban J connectivity index is 2.58. The average molecular weight is 197 g/mol. The maximum absolute atomic E-state index is 6.07. The first kappa shape index (κ1) is 10.6. The average Bonchev–Trinajstić information content (AvgIpc) is 2.19. The number of aryl methyl sites for hydroxylation is 1. The van der Waals surface area contributed by atoms with E-state index in [2.05, 4.69) is 38.1 Å². The molecule has 0 bridgehead atoms. The van der Waals surface area contributed by atoms with Crippen LogP contribution >= 0.6 is 11.6 Å². The molecule has 1 aromatic carbocycles. The summed E-state index contributed by atoms with van der Waals surface area (Å²) in [6.45, 7) is 4.30. The molecule has 1 unspecified atom stereocenters. The van der Waals surface area contributed by atoms with E-state index < -0.39 is 0 Å². The molecular formula is C12H17Cl. The molecule has 0 aliphatic heterocycles. The fourth-order valence-corrected chi connectivity index (χ4v) is 1.49. The summed E-state index contributed by atoms with van der Waals surface area (Å²) in [5.74, 6) is 0. The van der Waals surface area contributed by atoms with Crippen molar-refractivity contribution in [2.75, 3.05) is 0 Å². The van der Waals surface area contributed by atoms with Crippen LogP contribution in [0, 0.1) is 0 Å². The molecular weight excluding hydrogens is 180 g/mol. The van der Waals surface area contributed by atoms with Crippen LogP contribution in [-0.2, 0) is 12.8 Å². The number of rotatable bonds is 4. The van der Waals surface area contributed by atoms with Gasteiger partial charge in [-0.05, 0) is 30.4 Å². The molecule has 0 spiro atoms. The summed E-state index contributed by atoms with van der Waals surface area (Å²) in [7, 11) is 0. The topological polar surface area (TPSA) is 0 Å². The molecule has 0 N–H and O–H groups in total. The van der Waals surface area contributed by atoms with E-state index in [0.29, 0.717) is 0 Å². The van der Waals surface area contributed by atoms with E-state index in [9.17, 15) is 0 Å². The third-order valence-electron chi connectivity index (χ3n) is 2.33. The Kier molecular flexibility index (Phi) is 4.31. The zero-order valence-corrected chi connectivity index (χ0v) is 9.14. The Morgan fingerprint density at radius 1 is 1.08 bits per heavy atom. The van der Waals surface area contributed by atoms with E-state index >= 15 is 0 Å². The zero-order valence-electron chi connectivity index (χ0n) is 8.39. The highest BCUT2D eigenvalue weighted by Crippen LogP contribution is 2.12. The van der Waals surface area contributed by atoms with E-state index in [1.54, 1.807) is 0 Å². The molecule has 13 heavy (non-hydrogen) atoms. The van der Waals surface area contributed by atoms with Crippen molar-refractivity contribution >= 4 is 11.6 Å². The first-order valence-electron chi connectivity index (χ1n) is 4.98. The predicted octanol–water partition coefficient (Wildman–Crippen LogP) is 3.81. The van der Waals surface area contributed by atoms with Crippen molar-refractivity contribution in [2.45, 2.75) is 38.5 Å². The largest absolute Gasteiger partial charge is 0.123 e. The molecule has 1 heteroatoms. The number of hydrogen-bond acceptors (Lipinski definition) is 0. The van der Waals surface area contributed by atoms with Crippen LogP contribution in [0.1, 0.15) is 31.4 Å². The van der Waals surface area contributed by atoms with Gasteiger partial charge in [0.25, 0.3) is 0 Å². The van der Waals surface area contributed by atoms with Gasteiger partial charge < -0.3 is 0 Å². The summed E-state index contributed by atoms with van der Waals surface area (Å²) in [5, 5.41) is 0.285. The summed E-state index contributed by atoms with van der Waals surface area (Å²) in [5.41, 5.74) is 2.74. The highest BCUT2D eigenvalue weighted by molar-refractivity contribution is 6.20. The highest BCUT2D eigenvalue weighted by Gasteiger charge is 2.02. The fraction of sp³-hybridized carbons (Fsp3) is 0.500. The lowest BCUT2D eigenvalue weighted by atomic mass is 10.1. The van der Waals surface area contributed by atoms with Crippen LogP contribution in [0.5, 0.6) is 0 Å². The quantitative estimate of drug-likeness (QED) is 0.643. The number of alkyl halides is 1. The molecule has 0 aromatic heterocycles. The smallest absolute Gasteiger partial charge is 0.0373 e. The monoisotopic (exact) mass is 196 g/mol. The van der Waals surface area contributed by atoms with Gasteiger partial charge in [-0.25, -0.2) is 0 Å². The molecule has 0 fully saturated rings. The minimum atomic E-state index is 0.285. The number of halogens is 1. The highest BCUT2D eigenvalue weighted by atomic mass is 35.5. The summed E-state index contributed by atoms with van der Waals surface area (Å²) < 4.78 is 0. The first-order chi connectivity index (χ1) is 6.26. The van der Waals surface area contributed by atoms with Crippen LogP contribution in [0.4, 0.5) is 0 Å². The van der Waals surface area contributed by atoms with Gasteiger partial charge in [0.1, 0.15) is 0 Å². The van der Waals surface area contributed by atoms with Gasteiger partial charge in [0.15, 0.2) is 0 Å². The maximum atomic E-state index is 6.07. The second-order valence-corrected chi connectivity index (χ2v) is 4.00. The minimum absolute atomic E-state index is 0.285. The van der Waals surface area contributed by atoms with Crippen LogP contribution in [0.2, 0.25) is 0 Å². The first-order valence-corrected chi connectivity index (χ1v) is 5.41. The molecule has 0 heterocycles. The van der Waals surface area contributed by atoms with Crippen molar-refractivity contribution in [1.29, 1.82) is 0 Å². The Labute approximate surface area is 85.9 Å². The lowest BCUT2D eigenvalue weighted by molar-refractivity contribution is 0.805. The van der Waals surface area contributed by atoms with Crippen molar-refractivity contribution in [3.8, 4) is 0 Å². The fourth-order valence-electron chi connectivity index (χ4n) is 1.31. The third-order valence-corrected chi connectivity index (χ3v) is 2.79. The van der Waals surface area contributed by atoms with E-state index in [1.165, 1.54) is 11.1 Å². The summed E-state index contributed by atoms with van der Waals surface area (Å²) in [4.78, 5) is 0. The van der Waals surface area contributed by atoms with Crippen molar-refractivity contribution in [1.82, 2.24) is 0 Å². The second-order valence-electron chi connectivity index (χ2n) is 3.38. The van der Waals surface area contributed by atoms with Crippen molar-refractivity contribution in [2.24, 2.45) is 0 Å². The molecule has 0 saturated heterocycles. The Bertz CT molecular complexity index is 238. The van der Waals surface area contributed by atoms with E-state index in [0.717, 1.165) is 19.3 Å². The summed E-state index contributed by atoms with van der Waals surface area (Å²) >= 11 is 6.07.